The number of nitrogens with zero attached hydrogens (tertiary/aromatic N) is 1. The Balaban J connectivity index is 2.07. The molecule has 1 atom stereocenters. The van der Waals surface area contributed by atoms with Gasteiger partial charge in [0.15, 0.2) is 11.6 Å². The molecule has 1 aliphatic heterocycles. The summed E-state index contributed by atoms with van der Waals surface area (Å²) in [5, 5.41) is 15.2. The van der Waals surface area contributed by atoms with Crippen molar-refractivity contribution in [1.29, 1.82) is 0 Å². The Kier molecular flexibility index (Phi) is 3.31. The Morgan fingerprint density at radius 1 is 1.69 bits per heavy atom. The summed E-state index contributed by atoms with van der Waals surface area (Å²) in [6, 6.07) is 3.01. The van der Waals surface area contributed by atoms with Gasteiger partial charge in [0.2, 0.25) is 5.91 Å². The summed E-state index contributed by atoms with van der Waals surface area (Å²) in [5.74, 6) is 1.59. The van der Waals surface area contributed by atoms with E-state index >= 15 is 0 Å². The van der Waals surface area contributed by atoms with Crippen molar-refractivity contribution in [3.8, 4) is 5.75 Å². The first kappa shape index (κ1) is 11.2. The molecule has 0 radical (unpaired) electrons. The second kappa shape index (κ2) is 4.71. The highest BCUT2D eigenvalue weighted by atomic mass is 32.2. The van der Waals surface area contributed by atoms with Gasteiger partial charge in [0.25, 0.3) is 0 Å². The SMILES string of the molecule is Cc1ccc(O)c(NC(=O)C2CSCN2)n1. The molecule has 0 aliphatic carbocycles. The Hall–Kier alpha value is -1.27. The third kappa shape index (κ3) is 2.45. The minimum absolute atomic E-state index is 0.00963. The quantitative estimate of drug-likeness (QED) is 0.708. The van der Waals surface area contributed by atoms with Crippen LogP contribution < -0.4 is 10.6 Å². The smallest absolute Gasteiger partial charge is 0.243 e. The lowest BCUT2D eigenvalue weighted by atomic mass is 10.3. The van der Waals surface area contributed by atoms with E-state index in [0.717, 1.165) is 17.3 Å². The number of aryl methyl sites for hydroxylation is 1. The largest absolute Gasteiger partial charge is 0.504 e. The van der Waals surface area contributed by atoms with Crippen LogP contribution in [0.5, 0.6) is 5.75 Å². The molecular weight excluding hydrogens is 226 g/mol. The van der Waals surface area contributed by atoms with Crippen LogP contribution in [0.25, 0.3) is 0 Å². The zero-order valence-corrected chi connectivity index (χ0v) is 9.67. The Morgan fingerprint density at radius 2 is 2.50 bits per heavy atom. The van der Waals surface area contributed by atoms with Crippen LogP contribution in [0.2, 0.25) is 0 Å². The highest BCUT2D eigenvalue weighted by Gasteiger charge is 2.23. The van der Waals surface area contributed by atoms with Crippen molar-refractivity contribution in [2.75, 3.05) is 16.9 Å². The Morgan fingerprint density at radius 3 is 3.19 bits per heavy atom. The van der Waals surface area contributed by atoms with E-state index in [0.29, 0.717) is 0 Å². The molecule has 5 nitrogen and oxygen atoms in total. The van der Waals surface area contributed by atoms with Gasteiger partial charge in [-0.2, -0.15) is 0 Å². The van der Waals surface area contributed by atoms with Gasteiger partial charge in [0, 0.05) is 17.3 Å². The molecule has 1 unspecified atom stereocenters. The van der Waals surface area contributed by atoms with Crippen LogP contribution in [0.1, 0.15) is 5.69 Å². The third-order valence-corrected chi connectivity index (χ3v) is 3.23. The number of aromatic hydroxyl groups is 1. The average molecular weight is 239 g/mol. The maximum absolute atomic E-state index is 11.7. The van der Waals surface area contributed by atoms with Gasteiger partial charge in [0.05, 0.1) is 6.04 Å². The summed E-state index contributed by atoms with van der Waals surface area (Å²) in [5.41, 5.74) is 0.752. The molecule has 2 heterocycles. The first-order valence-electron chi connectivity index (χ1n) is 4.95. The number of thioether (sulfide) groups is 1. The minimum Gasteiger partial charge on any atom is -0.504 e. The normalized spacial score (nSPS) is 19.7. The lowest BCUT2D eigenvalue weighted by Gasteiger charge is -2.11. The van der Waals surface area contributed by atoms with Crippen molar-refractivity contribution >= 4 is 23.5 Å². The molecule has 1 aromatic rings. The van der Waals surface area contributed by atoms with Crippen molar-refractivity contribution in [2.24, 2.45) is 0 Å². The highest BCUT2D eigenvalue weighted by Crippen LogP contribution is 2.21. The second-order valence-electron chi connectivity index (χ2n) is 3.58. The van der Waals surface area contributed by atoms with Crippen molar-refractivity contribution in [3.63, 3.8) is 0 Å². The third-order valence-electron chi connectivity index (χ3n) is 2.29. The van der Waals surface area contributed by atoms with Crippen molar-refractivity contribution in [3.05, 3.63) is 17.8 Å². The molecule has 0 spiro atoms. The molecule has 1 amide bonds. The number of aromatic nitrogens is 1. The van der Waals surface area contributed by atoms with Crippen LogP contribution in [0.15, 0.2) is 12.1 Å². The Labute approximate surface area is 97.6 Å². The monoisotopic (exact) mass is 239 g/mol. The van der Waals surface area contributed by atoms with Gasteiger partial charge in [-0.3, -0.25) is 10.1 Å². The molecule has 0 aromatic carbocycles. The summed E-state index contributed by atoms with van der Waals surface area (Å²) in [7, 11) is 0. The molecule has 1 saturated heterocycles. The highest BCUT2D eigenvalue weighted by molar-refractivity contribution is 7.99. The summed E-state index contributed by atoms with van der Waals surface area (Å²) in [6.07, 6.45) is 0. The summed E-state index contributed by atoms with van der Waals surface area (Å²) in [6.45, 7) is 1.80. The van der Waals surface area contributed by atoms with E-state index in [4.69, 9.17) is 0 Å². The Bertz CT molecular complexity index is 405. The molecular formula is C10H13N3O2S. The number of rotatable bonds is 2. The molecule has 0 bridgehead atoms. The molecule has 1 aromatic heterocycles. The van der Waals surface area contributed by atoms with E-state index in [-0.39, 0.29) is 23.5 Å². The lowest BCUT2D eigenvalue weighted by molar-refractivity contribution is -0.117. The lowest BCUT2D eigenvalue weighted by Crippen LogP contribution is -2.37. The predicted octanol–water partition coefficient (Wildman–Crippen LogP) is 0.697. The maximum Gasteiger partial charge on any atom is 0.243 e. The molecule has 2 rings (SSSR count). The number of amides is 1. The van der Waals surface area contributed by atoms with Crippen LogP contribution in [-0.4, -0.2) is 33.7 Å². The number of hydrogen-bond donors (Lipinski definition) is 3. The standard InChI is InChI=1S/C10H13N3O2S/c1-6-2-3-8(14)9(12-6)13-10(15)7-4-16-5-11-7/h2-3,7,11,14H,4-5H2,1H3,(H,12,13,15). The van der Waals surface area contributed by atoms with Crippen LogP contribution in [0, 0.1) is 6.92 Å². The predicted molar refractivity (Wildman–Crippen MR) is 63.5 cm³/mol. The van der Waals surface area contributed by atoms with Crippen LogP contribution >= 0.6 is 11.8 Å². The van der Waals surface area contributed by atoms with Gasteiger partial charge >= 0.3 is 0 Å². The fourth-order valence-corrected chi connectivity index (χ4v) is 2.35. The fraction of sp³-hybridized carbons (Fsp3) is 0.400. The summed E-state index contributed by atoms with van der Waals surface area (Å²) >= 11 is 1.67. The zero-order chi connectivity index (χ0) is 11.5. The van der Waals surface area contributed by atoms with Crippen molar-refractivity contribution in [2.45, 2.75) is 13.0 Å². The number of nitrogens with one attached hydrogen (secondary N) is 2. The van der Waals surface area contributed by atoms with Crippen LogP contribution in [-0.2, 0) is 4.79 Å². The van der Waals surface area contributed by atoms with E-state index in [1.165, 1.54) is 6.07 Å². The van der Waals surface area contributed by atoms with Crippen LogP contribution in [0.3, 0.4) is 0 Å². The first-order chi connectivity index (χ1) is 7.66. The fourth-order valence-electron chi connectivity index (χ4n) is 1.41. The van der Waals surface area contributed by atoms with Gasteiger partial charge < -0.3 is 10.4 Å². The van der Waals surface area contributed by atoms with E-state index in [9.17, 15) is 9.90 Å². The van der Waals surface area contributed by atoms with Gasteiger partial charge in [-0.25, -0.2) is 4.98 Å². The van der Waals surface area contributed by atoms with Crippen molar-refractivity contribution in [1.82, 2.24) is 10.3 Å². The van der Waals surface area contributed by atoms with E-state index in [1.54, 1.807) is 24.8 Å². The van der Waals surface area contributed by atoms with Crippen LogP contribution in [0.4, 0.5) is 5.82 Å². The number of carbonyl (C=O) groups excluding carboxylic acids is 1. The molecule has 3 N–H and O–H groups in total. The topological polar surface area (TPSA) is 74.2 Å². The van der Waals surface area contributed by atoms with Gasteiger partial charge in [-0.05, 0) is 19.1 Å². The average Bonchev–Trinajstić information content (AvgIpc) is 2.76. The summed E-state index contributed by atoms with van der Waals surface area (Å²) < 4.78 is 0. The van der Waals surface area contributed by atoms with Gasteiger partial charge in [-0.15, -0.1) is 11.8 Å². The maximum atomic E-state index is 11.7. The van der Waals surface area contributed by atoms with E-state index in [2.05, 4.69) is 15.6 Å². The molecule has 16 heavy (non-hydrogen) atoms. The van der Waals surface area contributed by atoms with Crippen molar-refractivity contribution < 1.29 is 9.90 Å². The minimum atomic E-state index is -0.202. The van der Waals surface area contributed by atoms with E-state index in [1.807, 2.05) is 0 Å². The molecule has 6 heteroatoms. The molecule has 1 aliphatic rings. The molecule has 1 fully saturated rings. The number of anilines is 1. The molecule has 0 saturated carbocycles. The number of carbonyl (C=O) groups is 1. The first-order valence-corrected chi connectivity index (χ1v) is 6.11. The van der Waals surface area contributed by atoms with E-state index < -0.39 is 0 Å². The number of pyridine rings is 1. The molecule has 86 valence electrons. The van der Waals surface area contributed by atoms with Gasteiger partial charge in [0.1, 0.15) is 0 Å². The number of hydrogen-bond acceptors (Lipinski definition) is 5. The zero-order valence-electron chi connectivity index (χ0n) is 8.86. The second-order valence-corrected chi connectivity index (χ2v) is 4.61. The van der Waals surface area contributed by atoms with Gasteiger partial charge in [-0.1, -0.05) is 0 Å². The summed E-state index contributed by atoms with van der Waals surface area (Å²) in [4.78, 5) is 15.8.